The second kappa shape index (κ2) is 9.41. The van der Waals surface area contributed by atoms with Crippen LogP contribution in [0.25, 0.3) is 10.8 Å². The first-order chi connectivity index (χ1) is 15.4. The largest absolute Gasteiger partial charge is 0.337 e. The monoisotopic (exact) mass is 502 g/mol. The minimum absolute atomic E-state index is 0.0840. The number of halogens is 4. The Labute approximate surface area is 191 Å². The van der Waals surface area contributed by atoms with E-state index >= 15 is 0 Å². The summed E-state index contributed by atoms with van der Waals surface area (Å²) in [4.78, 5) is 28.6. The van der Waals surface area contributed by atoms with Crippen LogP contribution in [0.15, 0.2) is 41.3 Å². The van der Waals surface area contributed by atoms with Crippen molar-refractivity contribution < 1.29 is 26.4 Å². The normalized spacial score (nSPS) is 12.5. The summed E-state index contributed by atoms with van der Waals surface area (Å²) in [6, 6.07) is 3.11. The van der Waals surface area contributed by atoms with Gasteiger partial charge >= 0.3 is 6.03 Å². The lowest BCUT2D eigenvalue weighted by atomic mass is 10.0. The minimum atomic E-state index is -3.86. The summed E-state index contributed by atoms with van der Waals surface area (Å²) in [5.41, 5.74) is -0.546. The van der Waals surface area contributed by atoms with Crippen LogP contribution in [0.2, 0.25) is 5.02 Å². The quantitative estimate of drug-likeness (QED) is 0.478. The van der Waals surface area contributed by atoms with Crippen LogP contribution < -0.4 is 20.9 Å². The standard InChI is InChI=1S/C20H18ClF3N4O4S/c1-10(14-9-27-19(29)18-13(14)6-11(22)7-17(18)24)28(12-2-3-16(23)15(21)8-12)20(30)26-4-5-33(25,31)32/h2-3,6-10H,4-5H2,1H3,(H,26,30)(H,27,29)(H2,25,31,32). The van der Waals surface area contributed by atoms with Crippen molar-refractivity contribution in [3.8, 4) is 0 Å². The molecule has 0 saturated heterocycles. The number of aromatic nitrogens is 1. The molecule has 0 radical (unpaired) electrons. The molecule has 0 spiro atoms. The lowest BCUT2D eigenvalue weighted by Gasteiger charge is -2.30. The maximum absolute atomic E-state index is 14.3. The molecule has 1 atom stereocenters. The van der Waals surface area contributed by atoms with E-state index < -0.39 is 56.2 Å². The van der Waals surface area contributed by atoms with Gasteiger partial charge in [-0.1, -0.05) is 11.6 Å². The Hall–Kier alpha value is -3.09. The van der Waals surface area contributed by atoms with Crippen LogP contribution in [0.5, 0.6) is 0 Å². The van der Waals surface area contributed by atoms with Crippen LogP contribution >= 0.6 is 11.6 Å². The van der Waals surface area contributed by atoms with Gasteiger partial charge in [-0.25, -0.2) is 31.5 Å². The Morgan fingerprint density at radius 3 is 2.55 bits per heavy atom. The molecule has 2 amide bonds. The zero-order valence-corrected chi connectivity index (χ0v) is 18.6. The van der Waals surface area contributed by atoms with Crippen molar-refractivity contribution in [3.05, 3.63) is 74.9 Å². The number of fused-ring (bicyclic) bond motifs is 1. The average molecular weight is 503 g/mol. The zero-order chi connectivity index (χ0) is 24.5. The van der Waals surface area contributed by atoms with E-state index in [2.05, 4.69) is 10.3 Å². The number of nitrogens with two attached hydrogens (primary N) is 1. The van der Waals surface area contributed by atoms with E-state index in [1.165, 1.54) is 19.2 Å². The molecule has 0 aliphatic rings. The van der Waals surface area contributed by atoms with E-state index in [-0.39, 0.29) is 28.2 Å². The first kappa shape index (κ1) is 24.6. The van der Waals surface area contributed by atoms with Crippen molar-refractivity contribution in [1.82, 2.24) is 10.3 Å². The lowest BCUT2D eigenvalue weighted by Crippen LogP contribution is -2.43. The van der Waals surface area contributed by atoms with Crippen LogP contribution in [0.4, 0.5) is 23.7 Å². The van der Waals surface area contributed by atoms with Gasteiger partial charge in [0.1, 0.15) is 17.5 Å². The number of amides is 2. The first-order valence-corrected chi connectivity index (χ1v) is 11.5. The maximum Gasteiger partial charge on any atom is 0.322 e. The van der Waals surface area contributed by atoms with Crippen molar-refractivity contribution in [2.45, 2.75) is 13.0 Å². The molecular formula is C20H18ClF3N4O4S. The van der Waals surface area contributed by atoms with Crippen LogP contribution in [-0.2, 0) is 10.0 Å². The summed E-state index contributed by atoms with van der Waals surface area (Å²) >= 11 is 5.86. The second-order valence-corrected chi connectivity index (χ2v) is 9.27. The molecule has 4 N–H and O–H groups in total. The number of rotatable bonds is 6. The van der Waals surface area contributed by atoms with Crippen LogP contribution in [0.1, 0.15) is 18.5 Å². The molecule has 0 aliphatic carbocycles. The molecule has 176 valence electrons. The third kappa shape index (κ3) is 5.46. The fourth-order valence-electron chi connectivity index (χ4n) is 3.35. The number of primary sulfonamides is 1. The molecule has 1 unspecified atom stereocenters. The number of anilines is 1. The van der Waals surface area contributed by atoms with Gasteiger partial charge < -0.3 is 10.3 Å². The van der Waals surface area contributed by atoms with Crippen LogP contribution in [0, 0.1) is 17.5 Å². The number of benzene rings is 2. The highest BCUT2D eigenvalue weighted by Crippen LogP contribution is 2.33. The Balaban J connectivity index is 2.12. The van der Waals surface area contributed by atoms with Gasteiger partial charge in [0.15, 0.2) is 0 Å². The van der Waals surface area contributed by atoms with Crippen molar-refractivity contribution >= 4 is 44.1 Å². The molecule has 0 aliphatic heterocycles. The van der Waals surface area contributed by atoms with Gasteiger partial charge in [0, 0.05) is 24.5 Å². The summed E-state index contributed by atoms with van der Waals surface area (Å²) < 4.78 is 64.4. The number of nitrogens with one attached hydrogen (secondary N) is 2. The minimum Gasteiger partial charge on any atom is -0.337 e. The number of nitrogens with zero attached hydrogens (tertiary/aromatic N) is 1. The number of H-pyrrole nitrogens is 1. The smallest absolute Gasteiger partial charge is 0.322 e. The number of carbonyl (C=O) groups is 1. The fraction of sp³-hybridized carbons (Fsp3) is 0.200. The van der Waals surface area contributed by atoms with Gasteiger partial charge in [-0.2, -0.15) is 0 Å². The van der Waals surface area contributed by atoms with Gasteiger partial charge in [0.05, 0.1) is 22.2 Å². The summed E-state index contributed by atoms with van der Waals surface area (Å²) in [7, 11) is -3.86. The van der Waals surface area contributed by atoms with E-state index in [0.29, 0.717) is 6.07 Å². The molecule has 0 fully saturated rings. The Morgan fingerprint density at radius 1 is 1.21 bits per heavy atom. The number of aromatic amines is 1. The maximum atomic E-state index is 14.3. The van der Waals surface area contributed by atoms with E-state index in [4.69, 9.17) is 16.7 Å². The van der Waals surface area contributed by atoms with Crippen molar-refractivity contribution in [2.24, 2.45) is 5.14 Å². The van der Waals surface area contributed by atoms with E-state index in [0.717, 1.165) is 23.1 Å². The summed E-state index contributed by atoms with van der Waals surface area (Å²) in [5, 5.41) is 6.53. The number of hydrogen-bond acceptors (Lipinski definition) is 4. The molecule has 3 aromatic rings. The first-order valence-electron chi connectivity index (χ1n) is 9.42. The predicted molar refractivity (Wildman–Crippen MR) is 118 cm³/mol. The molecule has 2 aromatic carbocycles. The molecule has 3 rings (SSSR count). The van der Waals surface area contributed by atoms with Crippen molar-refractivity contribution in [3.63, 3.8) is 0 Å². The molecule has 0 bridgehead atoms. The highest BCUT2D eigenvalue weighted by molar-refractivity contribution is 7.89. The van der Waals surface area contributed by atoms with Gasteiger partial charge in [0.2, 0.25) is 10.0 Å². The number of sulfonamides is 1. The molecule has 8 nitrogen and oxygen atoms in total. The summed E-state index contributed by atoms with van der Waals surface area (Å²) in [6.07, 6.45) is 1.20. The topological polar surface area (TPSA) is 125 Å². The van der Waals surface area contributed by atoms with Gasteiger partial charge in [-0.3, -0.25) is 9.69 Å². The predicted octanol–water partition coefficient (Wildman–Crippen LogP) is 3.16. The third-order valence-corrected chi connectivity index (χ3v) is 5.91. The molecule has 0 saturated carbocycles. The van der Waals surface area contributed by atoms with Gasteiger partial charge in [0.25, 0.3) is 5.56 Å². The van der Waals surface area contributed by atoms with E-state index in [1.54, 1.807) is 0 Å². The summed E-state index contributed by atoms with van der Waals surface area (Å²) in [6.45, 7) is 1.15. The third-order valence-electron chi connectivity index (χ3n) is 4.85. The number of carbonyl (C=O) groups excluding carboxylic acids is 1. The van der Waals surface area contributed by atoms with Crippen molar-refractivity contribution in [2.75, 3.05) is 17.2 Å². The Bertz CT molecular complexity index is 1400. The number of hydrogen-bond donors (Lipinski definition) is 3. The summed E-state index contributed by atoms with van der Waals surface area (Å²) in [5.74, 6) is -3.33. The van der Waals surface area contributed by atoms with Gasteiger partial charge in [-0.15, -0.1) is 0 Å². The van der Waals surface area contributed by atoms with Gasteiger partial charge in [-0.05, 0) is 42.1 Å². The van der Waals surface area contributed by atoms with E-state index in [9.17, 15) is 31.2 Å². The molecule has 13 heteroatoms. The molecular weight excluding hydrogens is 485 g/mol. The SMILES string of the molecule is CC(c1c[nH]c(=O)c2c(F)cc(F)cc12)N(C(=O)NCCS(N)(=O)=O)c1ccc(F)c(Cl)c1. The lowest BCUT2D eigenvalue weighted by molar-refractivity contribution is 0.245. The fourth-order valence-corrected chi connectivity index (χ4v) is 3.91. The molecule has 1 aromatic heterocycles. The number of pyridine rings is 1. The molecule has 33 heavy (non-hydrogen) atoms. The zero-order valence-electron chi connectivity index (χ0n) is 17.0. The Kier molecular flexibility index (Phi) is 7.00. The van der Waals surface area contributed by atoms with Crippen LogP contribution in [-0.4, -0.2) is 31.7 Å². The van der Waals surface area contributed by atoms with Crippen molar-refractivity contribution in [1.29, 1.82) is 0 Å². The van der Waals surface area contributed by atoms with Crippen LogP contribution in [0.3, 0.4) is 0 Å². The highest BCUT2D eigenvalue weighted by Gasteiger charge is 2.27. The number of urea groups is 1. The second-order valence-electron chi connectivity index (χ2n) is 7.13. The van der Waals surface area contributed by atoms with E-state index in [1.807, 2.05) is 0 Å². The average Bonchev–Trinajstić information content (AvgIpc) is 2.69. The highest BCUT2D eigenvalue weighted by atomic mass is 35.5. The molecule has 1 heterocycles. The Morgan fingerprint density at radius 2 is 1.91 bits per heavy atom.